The second kappa shape index (κ2) is 10.4. The summed E-state index contributed by atoms with van der Waals surface area (Å²) in [4.78, 5) is 10.5. The molecule has 3 aromatic heterocycles. The highest BCUT2D eigenvalue weighted by Crippen LogP contribution is 2.39. The molecule has 4 nitrogen and oxygen atoms in total. The molecule has 232 valence electrons. The number of hydrogen-bond donors (Lipinski definition) is 0. The Kier molecular flexibility index (Phi) is 5.63. The molecule has 0 saturated heterocycles. The van der Waals surface area contributed by atoms with Crippen LogP contribution in [0.3, 0.4) is 0 Å². The lowest BCUT2D eigenvalue weighted by Crippen LogP contribution is -2.03. The van der Waals surface area contributed by atoms with Crippen LogP contribution in [0.25, 0.3) is 99.0 Å². The Morgan fingerprint density at radius 2 is 0.880 bits per heavy atom. The number of aromatic nitrogens is 4. The molecule has 0 radical (unpaired) electrons. The first kappa shape index (κ1) is 27.2. The summed E-state index contributed by atoms with van der Waals surface area (Å²) < 4.78 is 4.67. The van der Waals surface area contributed by atoms with Gasteiger partial charge in [-0.1, -0.05) is 115 Å². The highest BCUT2D eigenvalue weighted by Gasteiger charge is 2.20. The van der Waals surface area contributed by atoms with Crippen molar-refractivity contribution in [2.24, 2.45) is 0 Å². The Labute approximate surface area is 287 Å². The van der Waals surface area contributed by atoms with E-state index in [1.165, 1.54) is 48.7 Å². The van der Waals surface area contributed by atoms with Gasteiger partial charge in [-0.15, -0.1) is 0 Å². The number of para-hydroxylation sites is 2. The smallest absolute Gasteiger partial charge is 0.235 e. The van der Waals surface area contributed by atoms with Crippen molar-refractivity contribution in [2.45, 2.75) is 0 Å². The number of hydrogen-bond acceptors (Lipinski definition) is 2. The van der Waals surface area contributed by atoms with Gasteiger partial charge in [-0.25, -0.2) is 9.97 Å². The van der Waals surface area contributed by atoms with Gasteiger partial charge in [0.1, 0.15) is 0 Å². The van der Waals surface area contributed by atoms with E-state index in [1.54, 1.807) is 0 Å². The summed E-state index contributed by atoms with van der Waals surface area (Å²) in [6.07, 6.45) is 0. The number of rotatable bonds is 3. The van der Waals surface area contributed by atoms with Gasteiger partial charge in [0.05, 0.1) is 33.3 Å². The van der Waals surface area contributed by atoms with E-state index in [0.717, 1.165) is 44.3 Å². The monoisotopic (exact) mass is 636 g/mol. The predicted molar refractivity (Wildman–Crippen MR) is 209 cm³/mol. The molecule has 8 aromatic carbocycles. The van der Waals surface area contributed by atoms with E-state index in [1.807, 2.05) is 6.07 Å². The fourth-order valence-electron chi connectivity index (χ4n) is 7.96. The Morgan fingerprint density at radius 1 is 0.340 bits per heavy atom. The van der Waals surface area contributed by atoms with E-state index in [4.69, 9.17) is 9.97 Å². The van der Waals surface area contributed by atoms with Gasteiger partial charge >= 0.3 is 0 Å². The van der Waals surface area contributed by atoms with E-state index >= 15 is 0 Å². The van der Waals surface area contributed by atoms with Gasteiger partial charge in [-0.05, 0) is 76.1 Å². The molecular formula is C46H28N4. The van der Waals surface area contributed by atoms with Crippen LogP contribution in [0.4, 0.5) is 0 Å². The maximum Gasteiger partial charge on any atom is 0.235 e. The van der Waals surface area contributed by atoms with Crippen molar-refractivity contribution >= 4 is 76.1 Å². The zero-order valence-corrected chi connectivity index (χ0v) is 27.0. The molecule has 0 amide bonds. The van der Waals surface area contributed by atoms with Crippen molar-refractivity contribution in [1.82, 2.24) is 19.1 Å². The van der Waals surface area contributed by atoms with Gasteiger partial charge in [0.2, 0.25) is 5.95 Å². The second-order valence-electron chi connectivity index (χ2n) is 13.1. The number of benzene rings is 8. The SMILES string of the molecule is c1ccc(-c2nc(-n3c4ccc(-n5c6ccccc6c6cc7ccccc7cc65)cc4c4cc5ccccc5cc43)nc3ccccc23)cc1. The molecule has 0 saturated carbocycles. The zero-order chi connectivity index (χ0) is 32.8. The summed E-state index contributed by atoms with van der Waals surface area (Å²) in [5.74, 6) is 0.661. The van der Waals surface area contributed by atoms with E-state index in [0.29, 0.717) is 5.95 Å². The molecule has 11 aromatic rings. The van der Waals surface area contributed by atoms with Crippen molar-refractivity contribution in [2.75, 3.05) is 0 Å². The standard InChI is InChI=1S/C46H28N4/c1-2-12-29(13-3-1)45-36-19-8-10-20-40(36)47-46(48-45)50-42-23-22-34(28-39(42)38-25-31-15-5-7-17-33(31)27-44(38)50)49-41-21-11-9-18-35(41)37-24-30-14-4-6-16-32(30)26-43(37)49/h1-28H. The highest BCUT2D eigenvalue weighted by molar-refractivity contribution is 6.16. The first-order valence-electron chi connectivity index (χ1n) is 17.0. The van der Waals surface area contributed by atoms with Gasteiger partial charge in [0, 0.05) is 38.2 Å². The minimum atomic E-state index is 0.661. The van der Waals surface area contributed by atoms with Crippen LogP contribution in [0.5, 0.6) is 0 Å². The number of fused-ring (bicyclic) bond motifs is 9. The third-order valence-corrected chi connectivity index (χ3v) is 10.3. The van der Waals surface area contributed by atoms with Crippen LogP contribution in [0.1, 0.15) is 0 Å². The van der Waals surface area contributed by atoms with Crippen LogP contribution in [0.2, 0.25) is 0 Å². The molecule has 0 aliphatic heterocycles. The molecule has 11 rings (SSSR count). The Hall–Kier alpha value is -6.78. The normalized spacial score (nSPS) is 12.0. The average Bonchev–Trinajstić information content (AvgIpc) is 3.67. The quantitative estimate of drug-likeness (QED) is 0.193. The molecule has 50 heavy (non-hydrogen) atoms. The lowest BCUT2D eigenvalue weighted by atomic mass is 10.1. The molecule has 0 N–H and O–H groups in total. The van der Waals surface area contributed by atoms with Crippen LogP contribution >= 0.6 is 0 Å². The van der Waals surface area contributed by atoms with Gasteiger partial charge in [0.25, 0.3) is 0 Å². The molecule has 0 unspecified atom stereocenters. The Morgan fingerprint density at radius 3 is 1.62 bits per heavy atom. The zero-order valence-electron chi connectivity index (χ0n) is 27.0. The van der Waals surface area contributed by atoms with Crippen LogP contribution < -0.4 is 0 Å². The topological polar surface area (TPSA) is 35.6 Å². The predicted octanol–water partition coefficient (Wildman–Crippen LogP) is 11.8. The number of nitrogens with zero attached hydrogens (tertiary/aromatic N) is 4. The highest BCUT2D eigenvalue weighted by atomic mass is 15.2. The molecule has 0 bridgehead atoms. The Bertz CT molecular complexity index is 3150. The van der Waals surface area contributed by atoms with Gasteiger partial charge in [-0.2, -0.15) is 0 Å². The average molecular weight is 637 g/mol. The summed E-state index contributed by atoms with van der Waals surface area (Å²) in [5.41, 5.74) is 8.58. The molecule has 0 atom stereocenters. The summed E-state index contributed by atoms with van der Waals surface area (Å²) in [5, 5.41) is 10.7. The fourth-order valence-corrected chi connectivity index (χ4v) is 7.96. The van der Waals surface area contributed by atoms with Crippen LogP contribution in [-0.4, -0.2) is 19.1 Å². The summed E-state index contributed by atoms with van der Waals surface area (Å²) in [7, 11) is 0. The molecule has 4 heteroatoms. The molecule has 0 aliphatic carbocycles. The minimum Gasteiger partial charge on any atom is -0.309 e. The maximum atomic E-state index is 5.32. The van der Waals surface area contributed by atoms with Crippen molar-refractivity contribution in [3.05, 3.63) is 170 Å². The summed E-state index contributed by atoms with van der Waals surface area (Å²) in [6, 6.07) is 60.8. The fraction of sp³-hybridized carbons (Fsp3) is 0. The van der Waals surface area contributed by atoms with Gasteiger partial charge in [-0.3, -0.25) is 4.57 Å². The van der Waals surface area contributed by atoms with E-state index in [-0.39, 0.29) is 0 Å². The second-order valence-corrected chi connectivity index (χ2v) is 13.1. The first-order valence-corrected chi connectivity index (χ1v) is 17.0. The van der Waals surface area contributed by atoms with Gasteiger partial charge < -0.3 is 4.57 Å². The van der Waals surface area contributed by atoms with Crippen molar-refractivity contribution in [1.29, 1.82) is 0 Å². The molecule has 0 spiro atoms. The molecule has 3 heterocycles. The van der Waals surface area contributed by atoms with Crippen LogP contribution in [0, 0.1) is 0 Å². The minimum absolute atomic E-state index is 0.661. The van der Waals surface area contributed by atoms with Gasteiger partial charge in [0.15, 0.2) is 0 Å². The largest absolute Gasteiger partial charge is 0.309 e. The van der Waals surface area contributed by atoms with E-state index in [9.17, 15) is 0 Å². The third-order valence-electron chi connectivity index (χ3n) is 10.3. The molecular weight excluding hydrogens is 609 g/mol. The lowest BCUT2D eigenvalue weighted by molar-refractivity contribution is 1.01. The summed E-state index contributed by atoms with van der Waals surface area (Å²) in [6.45, 7) is 0. The van der Waals surface area contributed by atoms with E-state index < -0.39 is 0 Å². The van der Waals surface area contributed by atoms with Crippen LogP contribution in [-0.2, 0) is 0 Å². The molecule has 0 aliphatic rings. The first-order chi connectivity index (χ1) is 24.8. The summed E-state index contributed by atoms with van der Waals surface area (Å²) >= 11 is 0. The van der Waals surface area contributed by atoms with E-state index in [2.05, 4.69) is 173 Å². The van der Waals surface area contributed by atoms with Crippen LogP contribution in [0.15, 0.2) is 170 Å². The third kappa shape index (κ3) is 3.93. The van der Waals surface area contributed by atoms with Crippen molar-refractivity contribution < 1.29 is 0 Å². The van der Waals surface area contributed by atoms with Crippen molar-refractivity contribution in [3.63, 3.8) is 0 Å². The van der Waals surface area contributed by atoms with Crippen molar-refractivity contribution in [3.8, 4) is 22.9 Å². The lowest BCUT2D eigenvalue weighted by Gasteiger charge is -2.12. The maximum absolute atomic E-state index is 5.32. The Balaban J connectivity index is 1.24. The molecule has 0 fully saturated rings.